The first kappa shape index (κ1) is 14.0. The van der Waals surface area contributed by atoms with Gasteiger partial charge in [0.1, 0.15) is 6.07 Å². The Hall–Kier alpha value is -2.61. The second-order valence-electron chi connectivity index (χ2n) is 6.58. The van der Waals surface area contributed by atoms with Gasteiger partial charge < -0.3 is 4.40 Å². The summed E-state index contributed by atoms with van der Waals surface area (Å²) in [6.45, 7) is 0.198. The van der Waals surface area contributed by atoms with Crippen molar-refractivity contribution in [3.8, 4) is 6.07 Å². The lowest BCUT2D eigenvalue weighted by Gasteiger charge is -2.20. The summed E-state index contributed by atoms with van der Waals surface area (Å²) in [5.41, 5.74) is 1.62. The molecule has 5 heteroatoms. The number of pyridine rings is 1. The average molecular weight is 307 g/mol. The molecule has 0 bridgehead atoms. The molecule has 1 aliphatic heterocycles. The van der Waals surface area contributed by atoms with Crippen molar-refractivity contribution in [2.45, 2.75) is 38.6 Å². The zero-order valence-electron chi connectivity index (χ0n) is 12.8. The van der Waals surface area contributed by atoms with Crippen LogP contribution < -0.4 is 0 Å². The van der Waals surface area contributed by atoms with Crippen LogP contribution in [0.15, 0.2) is 30.6 Å². The fraction of sp³-hybridized carbons (Fsp3) is 0.389. The van der Waals surface area contributed by atoms with Crippen molar-refractivity contribution in [1.82, 2.24) is 9.30 Å². The summed E-state index contributed by atoms with van der Waals surface area (Å²) in [6.07, 6.45) is 7.72. The number of rotatable bonds is 2. The average Bonchev–Trinajstić information content (AvgIpc) is 3.21. The Bertz CT molecular complexity index is 853. The standard InChI is InChI=1S/C18H17N3O2/c19-10-14-13(11-20-8-4-1-5-15(14)20)12-21-16(22)9-18(17(21)23)6-2-3-7-18/h1,4-5,8,11H,2-3,6-7,9,12H2. The van der Waals surface area contributed by atoms with Crippen molar-refractivity contribution < 1.29 is 9.59 Å². The minimum Gasteiger partial charge on any atom is -0.322 e. The zero-order chi connectivity index (χ0) is 16.0. The molecule has 2 fully saturated rings. The number of amides is 2. The van der Waals surface area contributed by atoms with Crippen LogP contribution in [0, 0.1) is 16.7 Å². The van der Waals surface area contributed by atoms with E-state index < -0.39 is 5.41 Å². The van der Waals surface area contributed by atoms with Crippen LogP contribution >= 0.6 is 0 Å². The normalized spacial score (nSPS) is 19.9. The van der Waals surface area contributed by atoms with E-state index in [1.807, 2.05) is 35.0 Å². The summed E-state index contributed by atoms with van der Waals surface area (Å²) in [4.78, 5) is 26.5. The Balaban J connectivity index is 1.70. The Morgan fingerprint density at radius 2 is 2.00 bits per heavy atom. The molecular formula is C18H17N3O2. The number of imide groups is 1. The summed E-state index contributed by atoms with van der Waals surface area (Å²) in [6, 6.07) is 7.84. The number of likely N-dealkylation sites (tertiary alicyclic amines) is 1. The topological polar surface area (TPSA) is 65.6 Å². The Labute approximate surface area is 134 Å². The molecule has 1 aliphatic carbocycles. The van der Waals surface area contributed by atoms with Crippen LogP contribution in [0.1, 0.15) is 43.2 Å². The summed E-state index contributed by atoms with van der Waals surface area (Å²) in [7, 11) is 0. The van der Waals surface area contributed by atoms with Crippen LogP contribution in [-0.4, -0.2) is 21.1 Å². The maximum atomic E-state index is 12.8. The van der Waals surface area contributed by atoms with Gasteiger partial charge in [-0.15, -0.1) is 0 Å². The smallest absolute Gasteiger partial charge is 0.236 e. The molecule has 0 unspecified atom stereocenters. The summed E-state index contributed by atoms with van der Waals surface area (Å²) in [5, 5.41) is 9.46. The maximum absolute atomic E-state index is 12.8. The molecule has 2 aromatic heterocycles. The van der Waals surface area contributed by atoms with Crippen molar-refractivity contribution in [2.24, 2.45) is 5.41 Å². The van der Waals surface area contributed by atoms with Crippen molar-refractivity contribution in [1.29, 1.82) is 5.26 Å². The minimum atomic E-state index is -0.455. The van der Waals surface area contributed by atoms with E-state index in [0.29, 0.717) is 12.0 Å². The van der Waals surface area contributed by atoms with Gasteiger partial charge in [-0.3, -0.25) is 14.5 Å². The van der Waals surface area contributed by atoms with E-state index in [9.17, 15) is 14.9 Å². The second kappa shape index (κ2) is 4.95. The van der Waals surface area contributed by atoms with Gasteiger partial charge in [0, 0.05) is 24.4 Å². The van der Waals surface area contributed by atoms with Crippen molar-refractivity contribution in [3.05, 3.63) is 41.7 Å². The molecule has 0 aromatic carbocycles. The largest absolute Gasteiger partial charge is 0.322 e. The number of aromatic nitrogens is 1. The highest BCUT2D eigenvalue weighted by Crippen LogP contribution is 2.47. The van der Waals surface area contributed by atoms with Crippen LogP contribution in [0.3, 0.4) is 0 Å². The molecule has 23 heavy (non-hydrogen) atoms. The van der Waals surface area contributed by atoms with Gasteiger partial charge in [0.15, 0.2) is 0 Å². The van der Waals surface area contributed by atoms with Gasteiger partial charge >= 0.3 is 0 Å². The molecule has 116 valence electrons. The first-order chi connectivity index (χ1) is 11.1. The molecule has 2 aromatic rings. The fourth-order valence-electron chi connectivity index (χ4n) is 4.06. The molecule has 0 radical (unpaired) electrons. The number of nitriles is 1. The summed E-state index contributed by atoms with van der Waals surface area (Å²) < 4.78 is 1.87. The first-order valence-corrected chi connectivity index (χ1v) is 7.98. The van der Waals surface area contributed by atoms with E-state index in [-0.39, 0.29) is 18.4 Å². The molecule has 4 rings (SSSR count). The lowest BCUT2D eigenvalue weighted by atomic mass is 9.84. The molecule has 5 nitrogen and oxygen atoms in total. The second-order valence-corrected chi connectivity index (χ2v) is 6.58. The van der Waals surface area contributed by atoms with Crippen LogP contribution in [-0.2, 0) is 16.1 Å². The number of hydrogen-bond acceptors (Lipinski definition) is 3. The number of hydrogen-bond donors (Lipinski definition) is 0. The Kier molecular flexibility index (Phi) is 3.02. The number of carbonyl (C=O) groups excluding carboxylic acids is 2. The molecule has 1 spiro atoms. The SMILES string of the molecule is N#Cc1c(CN2C(=O)CC3(CCCC3)C2=O)cn2ccccc12. The predicted molar refractivity (Wildman–Crippen MR) is 83.2 cm³/mol. The molecule has 0 N–H and O–H groups in total. The number of fused-ring (bicyclic) bond motifs is 1. The van der Waals surface area contributed by atoms with E-state index in [1.54, 1.807) is 0 Å². The van der Waals surface area contributed by atoms with Gasteiger partial charge in [-0.05, 0) is 25.0 Å². The Morgan fingerprint density at radius 3 is 2.74 bits per heavy atom. The number of nitrogens with zero attached hydrogens (tertiary/aromatic N) is 3. The third-order valence-corrected chi connectivity index (χ3v) is 5.25. The molecule has 3 heterocycles. The molecular weight excluding hydrogens is 290 g/mol. The van der Waals surface area contributed by atoms with E-state index >= 15 is 0 Å². The van der Waals surface area contributed by atoms with Crippen LogP contribution in [0.2, 0.25) is 0 Å². The molecule has 2 amide bonds. The lowest BCUT2D eigenvalue weighted by molar-refractivity contribution is -0.142. The predicted octanol–water partition coefficient (Wildman–Crippen LogP) is 2.63. The monoisotopic (exact) mass is 307 g/mol. The summed E-state index contributed by atoms with van der Waals surface area (Å²) >= 11 is 0. The minimum absolute atomic E-state index is 0.0425. The zero-order valence-corrected chi connectivity index (χ0v) is 12.8. The van der Waals surface area contributed by atoms with Gasteiger partial charge in [-0.25, -0.2) is 0 Å². The highest BCUT2D eigenvalue weighted by atomic mass is 16.2. The van der Waals surface area contributed by atoms with Gasteiger partial charge in [0.25, 0.3) is 0 Å². The highest BCUT2D eigenvalue weighted by molar-refractivity contribution is 6.06. The van der Waals surface area contributed by atoms with Gasteiger partial charge in [0.05, 0.1) is 23.0 Å². The van der Waals surface area contributed by atoms with Gasteiger partial charge in [-0.2, -0.15) is 5.26 Å². The van der Waals surface area contributed by atoms with Crippen LogP contribution in [0.4, 0.5) is 0 Å². The van der Waals surface area contributed by atoms with Gasteiger partial charge in [0.2, 0.25) is 11.8 Å². The molecule has 1 saturated carbocycles. The third kappa shape index (κ3) is 1.98. The summed E-state index contributed by atoms with van der Waals surface area (Å²) in [5.74, 6) is -0.143. The Morgan fingerprint density at radius 1 is 1.22 bits per heavy atom. The van der Waals surface area contributed by atoms with Crippen LogP contribution in [0.25, 0.3) is 5.52 Å². The number of carbonyl (C=O) groups is 2. The quantitative estimate of drug-likeness (QED) is 0.801. The van der Waals surface area contributed by atoms with E-state index in [0.717, 1.165) is 36.8 Å². The van der Waals surface area contributed by atoms with Crippen molar-refractivity contribution in [2.75, 3.05) is 0 Å². The van der Waals surface area contributed by atoms with Crippen molar-refractivity contribution >= 4 is 17.3 Å². The molecule has 1 saturated heterocycles. The van der Waals surface area contributed by atoms with Crippen molar-refractivity contribution in [3.63, 3.8) is 0 Å². The molecule has 2 aliphatic rings. The van der Waals surface area contributed by atoms with E-state index in [2.05, 4.69) is 6.07 Å². The van der Waals surface area contributed by atoms with E-state index in [4.69, 9.17) is 0 Å². The van der Waals surface area contributed by atoms with Gasteiger partial charge in [-0.1, -0.05) is 18.9 Å². The lowest BCUT2D eigenvalue weighted by Crippen LogP contribution is -2.34. The third-order valence-electron chi connectivity index (χ3n) is 5.25. The maximum Gasteiger partial charge on any atom is 0.236 e. The van der Waals surface area contributed by atoms with E-state index in [1.165, 1.54) is 4.90 Å². The fourth-order valence-corrected chi connectivity index (χ4v) is 4.06. The first-order valence-electron chi connectivity index (χ1n) is 7.98. The van der Waals surface area contributed by atoms with Crippen LogP contribution in [0.5, 0.6) is 0 Å². The molecule has 0 atom stereocenters. The highest BCUT2D eigenvalue weighted by Gasteiger charge is 2.52.